The first-order valence-electron chi connectivity index (χ1n) is 11.5. The van der Waals surface area contributed by atoms with Crippen LogP contribution in [-0.4, -0.2) is 22.5 Å². The second kappa shape index (κ2) is 11.1. The van der Waals surface area contributed by atoms with Crippen LogP contribution in [0, 0.1) is 3.57 Å². The van der Waals surface area contributed by atoms with Gasteiger partial charge in [0.15, 0.2) is 11.5 Å². The van der Waals surface area contributed by atoms with Gasteiger partial charge in [0.1, 0.15) is 17.8 Å². The van der Waals surface area contributed by atoms with E-state index in [1.54, 1.807) is 29.7 Å². The van der Waals surface area contributed by atoms with Crippen molar-refractivity contribution in [2.45, 2.75) is 39.2 Å². The highest BCUT2D eigenvalue weighted by Gasteiger charge is 2.20. The van der Waals surface area contributed by atoms with Crippen LogP contribution in [0.1, 0.15) is 41.3 Å². The number of thiophene rings is 1. The highest BCUT2D eigenvalue weighted by atomic mass is 127. The molecule has 0 spiro atoms. The van der Waals surface area contributed by atoms with Crippen molar-refractivity contribution in [3.63, 3.8) is 0 Å². The van der Waals surface area contributed by atoms with Crippen LogP contribution in [0.3, 0.4) is 0 Å². The highest BCUT2D eigenvalue weighted by Crippen LogP contribution is 2.35. The van der Waals surface area contributed by atoms with Crippen LogP contribution < -0.4 is 15.0 Å². The molecule has 36 heavy (non-hydrogen) atoms. The van der Waals surface area contributed by atoms with Crippen LogP contribution in [0.4, 0.5) is 0 Å². The third-order valence-electron chi connectivity index (χ3n) is 5.89. The van der Waals surface area contributed by atoms with Gasteiger partial charge in [0, 0.05) is 4.88 Å². The number of rotatable bonds is 7. The van der Waals surface area contributed by atoms with Gasteiger partial charge in [-0.2, -0.15) is 9.78 Å². The van der Waals surface area contributed by atoms with E-state index in [1.807, 2.05) is 25.1 Å². The summed E-state index contributed by atoms with van der Waals surface area (Å²) >= 11 is 16.0. The summed E-state index contributed by atoms with van der Waals surface area (Å²) in [6.07, 6.45) is 7.36. The molecule has 0 unspecified atom stereocenters. The number of hydrogen-bond acceptors (Lipinski definition) is 6. The molecule has 2 aromatic heterocycles. The van der Waals surface area contributed by atoms with Gasteiger partial charge in [-0.3, -0.25) is 4.79 Å². The lowest BCUT2D eigenvalue weighted by Crippen LogP contribution is -2.18. The van der Waals surface area contributed by atoms with Gasteiger partial charge in [-0.25, -0.2) is 4.98 Å². The molecule has 5 rings (SSSR count). The van der Waals surface area contributed by atoms with Gasteiger partial charge in [0.2, 0.25) is 0 Å². The number of aryl methyl sites for hydroxylation is 2. The van der Waals surface area contributed by atoms with Crippen LogP contribution in [0.5, 0.6) is 11.5 Å². The van der Waals surface area contributed by atoms with Gasteiger partial charge >= 0.3 is 0 Å². The van der Waals surface area contributed by atoms with E-state index in [0.717, 1.165) is 44.4 Å². The van der Waals surface area contributed by atoms with Gasteiger partial charge in [-0.15, -0.1) is 11.3 Å². The average molecular weight is 654 g/mol. The minimum atomic E-state index is -0.128. The fourth-order valence-corrected chi connectivity index (χ4v) is 6.52. The number of hydrogen-bond donors (Lipinski definition) is 0. The summed E-state index contributed by atoms with van der Waals surface area (Å²) in [4.78, 5) is 19.8. The predicted molar refractivity (Wildman–Crippen MR) is 155 cm³/mol. The Bertz CT molecular complexity index is 1530. The third-order valence-corrected chi connectivity index (χ3v) is 8.63. The number of benzene rings is 2. The van der Waals surface area contributed by atoms with E-state index >= 15 is 0 Å². The molecule has 0 fully saturated rings. The maximum atomic E-state index is 13.2. The lowest BCUT2D eigenvalue weighted by Gasteiger charge is -2.15. The first kappa shape index (κ1) is 25.5. The maximum Gasteiger partial charge on any atom is 0.282 e. The van der Waals surface area contributed by atoms with Crippen LogP contribution in [0.25, 0.3) is 10.2 Å². The monoisotopic (exact) mass is 653 g/mol. The zero-order valence-electron chi connectivity index (χ0n) is 19.4. The molecule has 2 heterocycles. The Morgan fingerprint density at radius 3 is 2.81 bits per heavy atom. The zero-order valence-corrected chi connectivity index (χ0v) is 23.9. The number of fused-ring (bicyclic) bond motifs is 3. The summed E-state index contributed by atoms with van der Waals surface area (Å²) < 4.78 is 14.1. The summed E-state index contributed by atoms with van der Waals surface area (Å²) in [5.74, 6) is 1.23. The quantitative estimate of drug-likeness (QED) is 0.158. The highest BCUT2D eigenvalue weighted by molar-refractivity contribution is 14.1. The zero-order chi connectivity index (χ0) is 25.2. The van der Waals surface area contributed by atoms with Crippen molar-refractivity contribution in [1.29, 1.82) is 0 Å². The summed E-state index contributed by atoms with van der Waals surface area (Å²) in [6, 6.07) is 9.18. The number of ether oxygens (including phenoxy) is 2. The second-order valence-corrected chi connectivity index (χ2v) is 11.4. The molecule has 1 aliphatic rings. The maximum absolute atomic E-state index is 13.2. The lowest BCUT2D eigenvalue weighted by molar-refractivity contribution is 0.267. The average Bonchev–Trinajstić information content (AvgIpc) is 3.25. The van der Waals surface area contributed by atoms with Crippen molar-refractivity contribution in [3.05, 3.63) is 82.2 Å². The molecule has 0 amide bonds. The van der Waals surface area contributed by atoms with Gasteiger partial charge in [-0.1, -0.05) is 29.3 Å². The standard InChI is InChI=1S/C26H22Cl2IN3O3S/c1-2-34-21-11-16(10-20(29)24(21)35-13-15-7-8-18(27)19(28)9-15)12-31-32-14-30-25-23(26(32)33)17-5-3-4-6-22(17)36-25/h7-12,14H,2-6,13H2,1H3/b31-12-. The minimum Gasteiger partial charge on any atom is -0.490 e. The van der Waals surface area contributed by atoms with Crippen molar-refractivity contribution in [2.75, 3.05) is 6.61 Å². The van der Waals surface area contributed by atoms with Crippen LogP contribution in [-0.2, 0) is 19.4 Å². The predicted octanol–water partition coefficient (Wildman–Crippen LogP) is 7.11. The van der Waals surface area contributed by atoms with E-state index in [-0.39, 0.29) is 5.56 Å². The molecule has 0 atom stereocenters. The van der Waals surface area contributed by atoms with E-state index in [2.05, 4.69) is 32.7 Å². The summed E-state index contributed by atoms with van der Waals surface area (Å²) in [6.45, 7) is 2.70. The Hall–Kier alpha value is -2.14. The van der Waals surface area contributed by atoms with Crippen molar-refractivity contribution in [3.8, 4) is 11.5 Å². The smallest absolute Gasteiger partial charge is 0.282 e. The molecule has 0 saturated carbocycles. The molecular weight excluding hydrogens is 632 g/mol. The second-order valence-electron chi connectivity index (χ2n) is 8.33. The fourth-order valence-electron chi connectivity index (χ4n) is 4.20. The van der Waals surface area contributed by atoms with Crippen LogP contribution in [0.15, 0.2) is 46.6 Å². The van der Waals surface area contributed by atoms with Gasteiger partial charge < -0.3 is 9.47 Å². The summed E-state index contributed by atoms with van der Waals surface area (Å²) in [5, 5.41) is 6.13. The van der Waals surface area contributed by atoms with Crippen molar-refractivity contribution >= 4 is 73.6 Å². The van der Waals surface area contributed by atoms with Crippen LogP contribution >= 0.6 is 57.1 Å². The number of nitrogens with zero attached hydrogens (tertiary/aromatic N) is 3. The molecule has 0 saturated heterocycles. The molecule has 0 N–H and O–H groups in total. The van der Waals surface area contributed by atoms with Gasteiger partial charge in [0.25, 0.3) is 5.56 Å². The Morgan fingerprint density at radius 1 is 1.17 bits per heavy atom. The third kappa shape index (κ3) is 5.27. The summed E-state index contributed by atoms with van der Waals surface area (Å²) in [5.41, 5.74) is 2.70. The SMILES string of the molecule is CCOc1cc(/C=N\n2cnc3sc4c(c3c2=O)CCCC4)cc(I)c1OCc1ccc(Cl)c(Cl)c1. The molecule has 0 bridgehead atoms. The summed E-state index contributed by atoms with van der Waals surface area (Å²) in [7, 11) is 0. The fraction of sp³-hybridized carbons (Fsp3) is 0.269. The molecule has 4 aromatic rings. The normalized spacial score (nSPS) is 13.3. The topological polar surface area (TPSA) is 65.7 Å². The molecule has 1 aliphatic carbocycles. The number of aromatic nitrogens is 2. The molecular formula is C26H22Cl2IN3O3S. The largest absolute Gasteiger partial charge is 0.490 e. The van der Waals surface area contributed by atoms with Crippen molar-refractivity contribution in [1.82, 2.24) is 9.66 Å². The molecule has 0 radical (unpaired) electrons. The van der Waals surface area contributed by atoms with Crippen molar-refractivity contribution < 1.29 is 9.47 Å². The Labute approximate surface area is 236 Å². The molecule has 10 heteroatoms. The van der Waals surface area contributed by atoms with Crippen LogP contribution in [0.2, 0.25) is 10.0 Å². The lowest BCUT2D eigenvalue weighted by atomic mass is 9.97. The molecule has 0 aliphatic heterocycles. The molecule has 2 aromatic carbocycles. The first-order chi connectivity index (χ1) is 17.4. The Kier molecular flexibility index (Phi) is 7.85. The van der Waals surface area contributed by atoms with Crippen molar-refractivity contribution in [2.24, 2.45) is 5.10 Å². The first-order valence-corrected chi connectivity index (χ1v) is 14.2. The minimum absolute atomic E-state index is 0.128. The van der Waals surface area contributed by atoms with E-state index in [0.29, 0.717) is 40.1 Å². The number of halogens is 3. The van der Waals surface area contributed by atoms with E-state index < -0.39 is 0 Å². The Morgan fingerprint density at radius 2 is 2.00 bits per heavy atom. The van der Waals surface area contributed by atoms with Gasteiger partial charge in [0.05, 0.1) is 31.8 Å². The van der Waals surface area contributed by atoms with Gasteiger partial charge in [-0.05, 0) is 96.2 Å². The molecule has 186 valence electrons. The van der Waals surface area contributed by atoms with E-state index in [9.17, 15) is 4.79 Å². The Balaban J connectivity index is 1.42. The molecule has 6 nitrogen and oxygen atoms in total. The van der Waals surface area contributed by atoms with E-state index in [1.165, 1.54) is 22.3 Å². The van der Waals surface area contributed by atoms with E-state index in [4.69, 9.17) is 32.7 Å².